The van der Waals surface area contributed by atoms with Crippen LogP contribution < -0.4 is 10.6 Å². The average molecular weight is 218 g/mol. The number of carbonyl (C=O) groups is 3. The van der Waals surface area contributed by atoms with Gasteiger partial charge in [0, 0.05) is 5.56 Å². The van der Waals surface area contributed by atoms with E-state index in [-0.39, 0.29) is 18.1 Å². The van der Waals surface area contributed by atoms with E-state index in [2.05, 4.69) is 0 Å². The zero-order valence-electron chi connectivity index (χ0n) is 8.69. The van der Waals surface area contributed by atoms with Gasteiger partial charge in [-0.05, 0) is 30.7 Å². The zero-order chi connectivity index (χ0) is 11.9. The van der Waals surface area contributed by atoms with E-state index in [9.17, 15) is 14.4 Å². The SMILES string of the molecule is CC(=O)c1ccc2c(c1)CC(=O)N2C(N)=O. The number of fused-ring (bicyclic) bond motifs is 1. The van der Waals surface area contributed by atoms with Gasteiger partial charge in [0.25, 0.3) is 0 Å². The van der Waals surface area contributed by atoms with E-state index in [1.807, 2.05) is 0 Å². The van der Waals surface area contributed by atoms with Crippen LogP contribution in [0.5, 0.6) is 0 Å². The number of benzene rings is 1. The van der Waals surface area contributed by atoms with Crippen LogP contribution in [0, 0.1) is 0 Å². The molecule has 0 saturated heterocycles. The van der Waals surface area contributed by atoms with Gasteiger partial charge in [0.05, 0.1) is 12.1 Å². The fourth-order valence-corrected chi connectivity index (χ4v) is 1.78. The fourth-order valence-electron chi connectivity index (χ4n) is 1.78. The number of nitrogens with two attached hydrogens (primary N) is 1. The van der Waals surface area contributed by atoms with Crippen molar-refractivity contribution < 1.29 is 14.4 Å². The molecule has 0 radical (unpaired) electrons. The molecule has 0 aromatic heterocycles. The molecule has 0 fully saturated rings. The number of anilines is 1. The summed E-state index contributed by atoms with van der Waals surface area (Å²) in [6.45, 7) is 1.45. The number of primary amides is 1. The fraction of sp³-hybridized carbons (Fsp3) is 0.182. The third-order valence-corrected chi connectivity index (χ3v) is 2.54. The Bertz CT molecular complexity index is 508. The Labute approximate surface area is 91.8 Å². The van der Waals surface area contributed by atoms with Crippen molar-refractivity contribution in [3.05, 3.63) is 29.3 Å². The van der Waals surface area contributed by atoms with Crippen LogP contribution >= 0.6 is 0 Å². The standard InChI is InChI=1S/C11H10N2O3/c1-6(14)7-2-3-9-8(4-7)5-10(15)13(9)11(12)16/h2-4H,5H2,1H3,(H2,12,16). The summed E-state index contributed by atoms with van der Waals surface area (Å²) in [6.07, 6.45) is 0.111. The lowest BCUT2D eigenvalue weighted by Crippen LogP contribution is -2.38. The highest BCUT2D eigenvalue weighted by Gasteiger charge is 2.31. The van der Waals surface area contributed by atoms with E-state index in [1.54, 1.807) is 18.2 Å². The van der Waals surface area contributed by atoms with Gasteiger partial charge in [-0.15, -0.1) is 0 Å². The summed E-state index contributed by atoms with van der Waals surface area (Å²) in [5, 5.41) is 0. The van der Waals surface area contributed by atoms with Crippen LogP contribution in [0.2, 0.25) is 0 Å². The second-order valence-corrected chi connectivity index (χ2v) is 3.64. The number of ketones is 1. The lowest BCUT2D eigenvalue weighted by Gasteiger charge is -2.11. The molecule has 1 aromatic carbocycles. The van der Waals surface area contributed by atoms with Crippen LogP contribution in [0.1, 0.15) is 22.8 Å². The molecular weight excluding hydrogens is 208 g/mol. The third kappa shape index (κ3) is 1.46. The van der Waals surface area contributed by atoms with Crippen molar-refractivity contribution in [3.8, 4) is 0 Å². The minimum Gasteiger partial charge on any atom is -0.351 e. The van der Waals surface area contributed by atoms with Gasteiger partial charge >= 0.3 is 6.03 Å². The molecule has 0 atom stereocenters. The van der Waals surface area contributed by atoms with Crippen molar-refractivity contribution in [2.24, 2.45) is 5.73 Å². The van der Waals surface area contributed by atoms with E-state index in [0.29, 0.717) is 16.8 Å². The second-order valence-electron chi connectivity index (χ2n) is 3.64. The molecule has 1 aromatic rings. The number of urea groups is 1. The van der Waals surface area contributed by atoms with Gasteiger partial charge in [0.2, 0.25) is 5.91 Å². The Hall–Kier alpha value is -2.17. The maximum atomic E-state index is 11.5. The van der Waals surface area contributed by atoms with E-state index in [1.165, 1.54) is 6.92 Å². The number of hydrogen-bond acceptors (Lipinski definition) is 3. The molecule has 5 nitrogen and oxygen atoms in total. The van der Waals surface area contributed by atoms with Gasteiger partial charge in [-0.2, -0.15) is 0 Å². The average Bonchev–Trinajstić information content (AvgIpc) is 2.51. The van der Waals surface area contributed by atoms with Gasteiger partial charge in [-0.3, -0.25) is 9.59 Å². The number of rotatable bonds is 1. The molecule has 1 aliphatic rings. The van der Waals surface area contributed by atoms with Crippen LogP contribution in [0.15, 0.2) is 18.2 Å². The predicted octanol–water partition coefficient (Wildman–Crippen LogP) is 0.857. The smallest absolute Gasteiger partial charge is 0.326 e. The number of Topliss-reactive ketones (excluding diaryl/α,β-unsaturated/α-hetero) is 1. The lowest BCUT2D eigenvalue weighted by atomic mass is 10.1. The Balaban J connectivity index is 2.50. The van der Waals surface area contributed by atoms with Crippen LogP contribution in [0.3, 0.4) is 0 Å². The first-order chi connectivity index (χ1) is 7.50. The molecule has 2 rings (SSSR count). The highest BCUT2D eigenvalue weighted by atomic mass is 16.2. The predicted molar refractivity (Wildman–Crippen MR) is 57.2 cm³/mol. The topological polar surface area (TPSA) is 80.5 Å². The van der Waals surface area contributed by atoms with Crippen molar-refractivity contribution in [1.29, 1.82) is 0 Å². The molecule has 5 heteroatoms. The van der Waals surface area contributed by atoms with Gasteiger partial charge in [0.1, 0.15) is 0 Å². The number of nitrogens with zero attached hydrogens (tertiary/aromatic N) is 1. The Morgan fingerprint density at radius 2 is 2.06 bits per heavy atom. The van der Waals surface area contributed by atoms with Crippen molar-refractivity contribution in [2.75, 3.05) is 4.90 Å². The molecule has 2 N–H and O–H groups in total. The summed E-state index contributed by atoms with van der Waals surface area (Å²) in [5.74, 6) is -0.434. The van der Waals surface area contributed by atoms with Crippen molar-refractivity contribution in [1.82, 2.24) is 0 Å². The number of hydrogen-bond donors (Lipinski definition) is 1. The van der Waals surface area contributed by atoms with E-state index in [0.717, 1.165) is 4.90 Å². The highest BCUT2D eigenvalue weighted by Crippen LogP contribution is 2.29. The summed E-state index contributed by atoms with van der Waals surface area (Å²) >= 11 is 0. The molecule has 3 amide bonds. The molecule has 1 heterocycles. The Morgan fingerprint density at radius 3 is 2.62 bits per heavy atom. The van der Waals surface area contributed by atoms with Gasteiger partial charge in [0.15, 0.2) is 5.78 Å². The third-order valence-electron chi connectivity index (χ3n) is 2.54. The van der Waals surface area contributed by atoms with Crippen molar-refractivity contribution in [2.45, 2.75) is 13.3 Å². The first-order valence-corrected chi connectivity index (χ1v) is 4.77. The Morgan fingerprint density at radius 1 is 1.38 bits per heavy atom. The molecular formula is C11H10N2O3. The highest BCUT2D eigenvalue weighted by molar-refractivity contribution is 6.18. The number of imide groups is 1. The molecule has 0 saturated carbocycles. The summed E-state index contributed by atoms with van der Waals surface area (Å²) in [4.78, 5) is 34.6. The van der Waals surface area contributed by atoms with Gasteiger partial charge in [-0.1, -0.05) is 0 Å². The van der Waals surface area contributed by atoms with Crippen LogP contribution in [-0.2, 0) is 11.2 Å². The van der Waals surface area contributed by atoms with E-state index >= 15 is 0 Å². The maximum absolute atomic E-state index is 11.5. The quantitative estimate of drug-likeness (QED) is 0.710. The van der Waals surface area contributed by atoms with Crippen molar-refractivity contribution >= 4 is 23.4 Å². The summed E-state index contributed by atoms with van der Waals surface area (Å²) in [6, 6.07) is 3.98. The molecule has 0 spiro atoms. The van der Waals surface area contributed by atoms with Crippen molar-refractivity contribution in [3.63, 3.8) is 0 Å². The Kier molecular flexibility index (Phi) is 2.23. The normalized spacial score (nSPS) is 13.8. The number of carbonyl (C=O) groups excluding carboxylic acids is 3. The molecule has 0 bridgehead atoms. The number of amides is 3. The monoisotopic (exact) mass is 218 g/mol. The van der Waals surface area contributed by atoms with Gasteiger partial charge in [-0.25, -0.2) is 9.69 Å². The molecule has 1 aliphatic heterocycles. The molecule has 0 aliphatic carbocycles. The maximum Gasteiger partial charge on any atom is 0.326 e. The zero-order valence-corrected chi connectivity index (χ0v) is 8.69. The summed E-state index contributed by atoms with van der Waals surface area (Å²) < 4.78 is 0. The summed E-state index contributed by atoms with van der Waals surface area (Å²) in [5.41, 5.74) is 6.76. The first-order valence-electron chi connectivity index (χ1n) is 4.77. The second kappa shape index (κ2) is 3.44. The minimum absolute atomic E-state index is 0.0761. The first kappa shape index (κ1) is 10.4. The largest absolute Gasteiger partial charge is 0.351 e. The van der Waals surface area contributed by atoms with E-state index in [4.69, 9.17) is 5.73 Å². The lowest BCUT2D eigenvalue weighted by molar-refractivity contribution is -0.116. The summed E-state index contributed by atoms with van der Waals surface area (Å²) in [7, 11) is 0. The molecule has 16 heavy (non-hydrogen) atoms. The van der Waals surface area contributed by atoms with E-state index < -0.39 is 6.03 Å². The van der Waals surface area contributed by atoms with Crippen LogP contribution in [0.4, 0.5) is 10.5 Å². The van der Waals surface area contributed by atoms with Crippen LogP contribution in [-0.4, -0.2) is 17.7 Å². The van der Waals surface area contributed by atoms with Crippen LogP contribution in [0.25, 0.3) is 0 Å². The minimum atomic E-state index is -0.792. The molecule has 0 unspecified atom stereocenters. The molecule has 82 valence electrons. The van der Waals surface area contributed by atoms with Gasteiger partial charge < -0.3 is 5.73 Å².